The van der Waals surface area contributed by atoms with Crippen LogP contribution in [0.4, 0.5) is 13.3 Å². The Bertz CT molecular complexity index is 1350. The first-order chi connectivity index (χ1) is 18.4. The lowest BCUT2D eigenvalue weighted by Gasteiger charge is -2.18. The molecular weight excluding hydrogens is 491 g/mol. The zero-order valence-electron chi connectivity index (χ0n) is 22.1. The summed E-state index contributed by atoms with van der Waals surface area (Å²) in [6.07, 6.45) is 0.473. The standard InChI is InChI=1S/C22H22F3N3O2.C6H6.C2H6/c1-3-10-28(25)22(26-30)18-13-27(20-7-5-4-6-17(20)21(18)29)12-16-9-8-15(14(2)23)11-19(16)24;1-2-4-6-5-3-1;1-2/h4-9,11,13-14,30H,3,10,12H2,1-2H3;1-6H;1-2H3/b26-22-;;. The average molecular weight is 526 g/mol. The molecule has 0 aliphatic rings. The first kappa shape index (κ1) is 30.2. The minimum absolute atomic E-state index is 0.0132. The smallest absolute Gasteiger partial charge is 0.208 e. The maximum atomic E-state index is 14.6. The molecule has 0 spiro atoms. The maximum absolute atomic E-state index is 14.6. The number of fused-ring (bicyclic) bond motifs is 1. The Balaban J connectivity index is 0.000000548. The van der Waals surface area contributed by atoms with E-state index >= 15 is 0 Å². The second-order valence-electron chi connectivity index (χ2n) is 8.15. The SMILES string of the molecule is CC.CCCN(F)/C(=N\O)c1cn(Cc2ccc(C(C)F)cc2F)c2ccccc2c1=O.c1ccccc1. The van der Waals surface area contributed by atoms with Gasteiger partial charge in [0.05, 0.1) is 24.2 Å². The summed E-state index contributed by atoms with van der Waals surface area (Å²) in [6, 6.07) is 22.8. The van der Waals surface area contributed by atoms with E-state index in [1.807, 2.05) is 50.2 Å². The molecular formula is C30H34F3N3O2. The highest BCUT2D eigenvalue weighted by molar-refractivity contribution is 6.00. The van der Waals surface area contributed by atoms with Crippen molar-refractivity contribution >= 4 is 16.7 Å². The number of pyridine rings is 1. The number of hydrogen-bond donors (Lipinski definition) is 1. The van der Waals surface area contributed by atoms with E-state index in [-0.39, 0.29) is 40.3 Å². The van der Waals surface area contributed by atoms with Crippen molar-refractivity contribution in [2.75, 3.05) is 6.54 Å². The van der Waals surface area contributed by atoms with Crippen LogP contribution in [-0.4, -0.2) is 27.3 Å². The van der Waals surface area contributed by atoms with Crippen LogP contribution >= 0.6 is 0 Å². The third-order valence-corrected chi connectivity index (χ3v) is 5.52. The van der Waals surface area contributed by atoms with Gasteiger partial charge in [-0.15, -0.1) is 0 Å². The quantitative estimate of drug-likeness (QED) is 0.0924. The maximum Gasteiger partial charge on any atom is 0.208 e. The average Bonchev–Trinajstić information content (AvgIpc) is 2.95. The summed E-state index contributed by atoms with van der Waals surface area (Å²) in [7, 11) is 0. The molecule has 8 heteroatoms. The van der Waals surface area contributed by atoms with E-state index in [1.165, 1.54) is 25.3 Å². The van der Waals surface area contributed by atoms with Gasteiger partial charge in [-0.25, -0.2) is 8.78 Å². The molecule has 0 radical (unpaired) electrons. The minimum Gasteiger partial charge on any atom is -0.409 e. The molecule has 202 valence electrons. The summed E-state index contributed by atoms with van der Waals surface area (Å²) >= 11 is 0. The van der Waals surface area contributed by atoms with E-state index in [9.17, 15) is 23.3 Å². The monoisotopic (exact) mass is 525 g/mol. The number of para-hydroxylation sites is 1. The van der Waals surface area contributed by atoms with Gasteiger partial charge in [0, 0.05) is 17.1 Å². The van der Waals surface area contributed by atoms with Crippen molar-refractivity contribution in [1.29, 1.82) is 0 Å². The van der Waals surface area contributed by atoms with Crippen LogP contribution in [0.1, 0.15) is 57.0 Å². The van der Waals surface area contributed by atoms with Crippen LogP contribution in [0, 0.1) is 5.82 Å². The summed E-state index contributed by atoms with van der Waals surface area (Å²) in [5, 5.41) is 12.8. The molecule has 0 aliphatic heterocycles. The van der Waals surface area contributed by atoms with Crippen LogP contribution in [0.2, 0.25) is 0 Å². The molecule has 1 atom stereocenters. The van der Waals surface area contributed by atoms with Crippen molar-refractivity contribution < 1.29 is 18.5 Å². The molecule has 4 rings (SSSR count). The van der Waals surface area contributed by atoms with Crippen LogP contribution in [0.5, 0.6) is 0 Å². The van der Waals surface area contributed by atoms with Crippen LogP contribution in [0.15, 0.2) is 95.0 Å². The van der Waals surface area contributed by atoms with Gasteiger partial charge in [0.1, 0.15) is 12.0 Å². The van der Waals surface area contributed by atoms with E-state index in [2.05, 4.69) is 5.16 Å². The first-order valence-electron chi connectivity index (χ1n) is 12.6. The summed E-state index contributed by atoms with van der Waals surface area (Å²) < 4.78 is 44.0. The lowest BCUT2D eigenvalue weighted by Crippen LogP contribution is -2.30. The molecule has 5 nitrogen and oxygen atoms in total. The summed E-state index contributed by atoms with van der Waals surface area (Å²) in [5.41, 5.74) is 0.347. The zero-order chi connectivity index (χ0) is 28.1. The molecule has 3 aromatic carbocycles. The molecule has 1 unspecified atom stereocenters. The first-order valence-corrected chi connectivity index (χ1v) is 12.6. The Labute approximate surface area is 221 Å². The normalized spacial score (nSPS) is 11.6. The van der Waals surface area contributed by atoms with Crippen LogP contribution in [0.25, 0.3) is 10.9 Å². The van der Waals surface area contributed by atoms with E-state index in [0.29, 0.717) is 11.9 Å². The summed E-state index contributed by atoms with van der Waals surface area (Å²) in [4.78, 5) is 12.9. The van der Waals surface area contributed by atoms with Gasteiger partial charge >= 0.3 is 0 Å². The largest absolute Gasteiger partial charge is 0.409 e. The molecule has 0 saturated heterocycles. The number of oxime groups is 1. The highest BCUT2D eigenvalue weighted by atomic mass is 19.2. The Morgan fingerprint density at radius 3 is 2.16 bits per heavy atom. The van der Waals surface area contributed by atoms with Crippen molar-refractivity contribution in [3.63, 3.8) is 0 Å². The molecule has 38 heavy (non-hydrogen) atoms. The van der Waals surface area contributed by atoms with Crippen molar-refractivity contribution in [3.05, 3.63) is 118 Å². The summed E-state index contributed by atoms with van der Waals surface area (Å²) in [6.45, 7) is 7.01. The number of aromatic nitrogens is 1. The van der Waals surface area contributed by atoms with Gasteiger partial charge < -0.3 is 9.77 Å². The van der Waals surface area contributed by atoms with Crippen molar-refractivity contribution in [2.24, 2.45) is 5.16 Å². The van der Waals surface area contributed by atoms with Crippen LogP contribution < -0.4 is 5.43 Å². The number of nitrogens with zero attached hydrogens (tertiary/aromatic N) is 3. The molecule has 0 aliphatic carbocycles. The predicted octanol–water partition coefficient (Wildman–Crippen LogP) is 7.66. The topological polar surface area (TPSA) is 57.8 Å². The summed E-state index contributed by atoms with van der Waals surface area (Å²) in [5.74, 6) is -1.10. The van der Waals surface area contributed by atoms with E-state index in [1.54, 1.807) is 35.8 Å². The van der Waals surface area contributed by atoms with Crippen LogP contribution in [0.3, 0.4) is 0 Å². The molecule has 1 heterocycles. The third kappa shape index (κ3) is 7.71. The Morgan fingerprint density at radius 1 is 1.03 bits per heavy atom. The molecule has 0 amide bonds. The number of alkyl halides is 1. The number of benzene rings is 3. The number of rotatable bonds is 6. The predicted molar refractivity (Wildman–Crippen MR) is 147 cm³/mol. The van der Waals surface area contributed by atoms with Gasteiger partial charge in [-0.1, -0.05) is 91.1 Å². The number of amidine groups is 1. The highest BCUT2D eigenvalue weighted by Gasteiger charge is 2.20. The number of halogens is 3. The van der Waals surface area contributed by atoms with Gasteiger partial charge in [0.15, 0.2) is 0 Å². The second kappa shape index (κ2) is 15.2. The number of hydrogen-bond acceptors (Lipinski definition) is 3. The van der Waals surface area contributed by atoms with Crippen molar-refractivity contribution in [3.8, 4) is 0 Å². The molecule has 4 aromatic rings. The lowest BCUT2D eigenvalue weighted by atomic mass is 10.1. The van der Waals surface area contributed by atoms with Crippen molar-refractivity contribution in [2.45, 2.75) is 46.8 Å². The molecule has 1 N–H and O–H groups in total. The van der Waals surface area contributed by atoms with Crippen molar-refractivity contribution in [1.82, 2.24) is 9.69 Å². The van der Waals surface area contributed by atoms with Crippen LogP contribution in [-0.2, 0) is 6.54 Å². The Morgan fingerprint density at radius 2 is 1.63 bits per heavy atom. The fourth-order valence-electron chi connectivity index (χ4n) is 3.68. The second-order valence-corrected chi connectivity index (χ2v) is 8.15. The van der Waals surface area contributed by atoms with Gasteiger partial charge in [0.25, 0.3) is 0 Å². The van der Waals surface area contributed by atoms with Gasteiger partial charge in [0.2, 0.25) is 11.3 Å². The van der Waals surface area contributed by atoms with E-state index in [4.69, 9.17) is 0 Å². The van der Waals surface area contributed by atoms with Gasteiger partial charge in [-0.2, -0.15) is 5.12 Å². The fraction of sp³-hybridized carbons (Fsp3) is 0.267. The lowest BCUT2D eigenvalue weighted by molar-refractivity contribution is 0.115. The Kier molecular flexibility index (Phi) is 12.1. The molecule has 1 aromatic heterocycles. The van der Waals surface area contributed by atoms with E-state index < -0.39 is 23.3 Å². The molecule has 0 saturated carbocycles. The highest BCUT2D eigenvalue weighted by Crippen LogP contribution is 2.22. The minimum atomic E-state index is -1.30. The third-order valence-electron chi connectivity index (χ3n) is 5.52. The van der Waals surface area contributed by atoms with E-state index in [0.717, 1.165) is 6.07 Å². The van der Waals surface area contributed by atoms with Gasteiger partial charge in [-0.3, -0.25) is 4.79 Å². The molecule has 0 fully saturated rings. The fourth-order valence-corrected chi connectivity index (χ4v) is 3.68. The zero-order valence-corrected chi connectivity index (χ0v) is 22.1. The Hall–Kier alpha value is -4.07. The van der Waals surface area contributed by atoms with Gasteiger partial charge in [-0.05, 0) is 37.1 Å². The molecule has 0 bridgehead atoms.